The molecule has 0 aromatic carbocycles. The van der Waals surface area contributed by atoms with Gasteiger partial charge in [0, 0.05) is 6.42 Å². The maximum absolute atomic E-state index is 8.47. The summed E-state index contributed by atoms with van der Waals surface area (Å²) in [6.07, 6.45) is 6.37. The maximum Gasteiger partial charge on any atom is 0.106 e. The van der Waals surface area contributed by atoms with E-state index in [0.29, 0.717) is 13.0 Å². The lowest BCUT2D eigenvalue weighted by Gasteiger charge is -2.08. The fraction of sp³-hybridized carbons (Fsp3) is 0.429. The Bertz CT molecular complexity index is 136. The van der Waals surface area contributed by atoms with Crippen molar-refractivity contribution in [3.05, 3.63) is 24.0 Å². The third-order valence-electron chi connectivity index (χ3n) is 1.14. The van der Waals surface area contributed by atoms with E-state index < -0.39 is 0 Å². The van der Waals surface area contributed by atoms with E-state index in [1.54, 1.807) is 0 Å². The largest absolute Gasteiger partial charge is 0.494 e. The molecule has 1 aliphatic heterocycles. The number of hydrogen-bond acceptors (Lipinski definition) is 2. The first-order chi connectivity index (χ1) is 4.43. The molecule has 0 atom stereocenters. The summed E-state index contributed by atoms with van der Waals surface area (Å²) >= 11 is 0. The highest BCUT2D eigenvalue weighted by molar-refractivity contribution is 5.11. The van der Waals surface area contributed by atoms with Gasteiger partial charge in [0.15, 0.2) is 0 Å². The number of ether oxygens (including phenoxy) is 1. The average molecular weight is 126 g/mol. The fourth-order valence-electron chi connectivity index (χ4n) is 0.700. The number of rotatable bonds is 2. The molecule has 0 amide bonds. The summed E-state index contributed by atoms with van der Waals surface area (Å²) in [7, 11) is 0. The van der Waals surface area contributed by atoms with Gasteiger partial charge in [-0.15, -0.1) is 0 Å². The van der Waals surface area contributed by atoms with E-state index >= 15 is 0 Å². The Balaban J connectivity index is 2.38. The van der Waals surface area contributed by atoms with Crippen LogP contribution in [-0.2, 0) is 4.74 Å². The Morgan fingerprint density at radius 2 is 2.56 bits per heavy atom. The molecule has 0 saturated heterocycles. The molecule has 0 aliphatic carbocycles. The minimum absolute atomic E-state index is 0.166. The van der Waals surface area contributed by atoms with Crippen molar-refractivity contribution >= 4 is 0 Å². The standard InChI is InChI=1S/C7H10O2/c8-5-4-7-3-1-2-6-9-7/h1-3,8H,4-6H2. The lowest BCUT2D eigenvalue weighted by molar-refractivity contribution is 0.203. The van der Waals surface area contributed by atoms with Crippen molar-refractivity contribution in [2.75, 3.05) is 13.2 Å². The summed E-state index contributed by atoms with van der Waals surface area (Å²) in [4.78, 5) is 0. The van der Waals surface area contributed by atoms with E-state index in [1.807, 2.05) is 18.2 Å². The van der Waals surface area contributed by atoms with Crippen LogP contribution in [0.15, 0.2) is 24.0 Å². The summed E-state index contributed by atoms with van der Waals surface area (Å²) in [6, 6.07) is 0. The zero-order valence-electron chi connectivity index (χ0n) is 5.21. The van der Waals surface area contributed by atoms with Crippen LogP contribution < -0.4 is 0 Å². The van der Waals surface area contributed by atoms with Crippen molar-refractivity contribution in [1.82, 2.24) is 0 Å². The van der Waals surface area contributed by atoms with Crippen LogP contribution in [0.25, 0.3) is 0 Å². The summed E-state index contributed by atoms with van der Waals surface area (Å²) < 4.78 is 5.13. The molecule has 9 heavy (non-hydrogen) atoms. The number of aliphatic hydroxyl groups is 1. The van der Waals surface area contributed by atoms with Crippen molar-refractivity contribution in [3.8, 4) is 0 Å². The van der Waals surface area contributed by atoms with Gasteiger partial charge in [-0.2, -0.15) is 0 Å². The van der Waals surface area contributed by atoms with E-state index in [-0.39, 0.29) is 6.61 Å². The van der Waals surface area contributed by atoms with Gasteiger partial charge in [0.1, 0.15) is 6.61 Å². The van der Waals surface area contributed by atoms with Gasteiger partial charge in [-0.1, -0.05) is 6.08 Å². The topological polar surface area (TPSA) is 29.5 Å². The van der Waals surface area contributed by atoms with Gasteiger partial charge in [0.2, 0.25) is 0 Å². The SMILES string of the molecule is OCCC1=CC=CCO1. The lowest BCUT2D eigenvalue weighted by Crippen LogP contribution is -1.98. The van der Waals surface area contributed by atoms with E-state index in [9.17, 15) is 0 Å². The average Bonchev–Trinajstić information content (AvgIpc) is 1.91. The first-order valence-corrected chi connectivity index (χ1v) is 3.03. The monoisotopic (exact) mass is 126 g/mol. The zero-order chi connectivity index (χ0) is 6.53. The molecule has 0 radical (unpaired) electrons. The van der Waals surface area contributed by atoms with E-state index in [2.05, 4.69) is 0 Å². The molecule has 0 spiro atoms. The first kappa shape index (κ1) is 6.36. The highest BCUT2D eigenvalue weighted by Gasteiger charge is 1.96. The normalized spacial score (nSPS) is 16.8. The molecule has 0 bridgehead atoms. The van der Waals surface area contributed by atoms with Gasteiger partial charge >= 0.3 is 0 Å². The maximum atomic E-state index is 8.47. The predicted molar refractivity (Wildman–Crippen MR) is 34.9 cm³/mol. The van der Waals surface area contributed by atoms with Crippen LogP contribution >= 0.6 is 0 Å². The Labute approximate surface area is 54.5 Å². The molecule has 2 nitrogen and oxygen atoms in total. The van der Waals surface area contributed by atoms with Crippen molar-refractivity contribution in [3.63, 3.8) is 0 Å². The molecule has 1 aliphatic rings. The minimum atomic E-state index is 0.166. The van der Waals surface area contributed by atoms with Crippen LogP contribution in [0.5, 0.6) is 0 Å². The second-order valence-electron chi connectivity index (χ2n) is 1.85. The number of aliphatic hydroxyl groups excluding tert-OH is 1. The Hall–Kier alpha value is -0.760. The van der Waals surface area contributed by atoms with Crippen LogP contribution in [0.4, 0.5) is 0 Å². The number of allylic oxidation sites excluding steroid dienone is 2. The Morgan fingerprint density at radius 1 is 1.67 bits per heavy atom. The quantitative estimate of drug-likeness (QED) is 0.594. The van der Waals surface area contributed by atoms with Crippen LogP contribution in [0, 0.1) is 0 Å². The lowest BCUT2D eigenvalue weighted by atomic mass is 10.3. The van der Waals surface area contributed by atoms with Gasteiger partial charge in [0.05, 0.1) is 12.4 Å². The summed E-state index contributed by atoms with van der Waals surface area (Å²) in [6.45, 7) is 0.811. The van der Waals surface area contributed by atoms with Gasteiger partial charge < -0.3 is 9.84 Å². The van der Waals surface area contributed by atoms with E-state index in [1.165, 1.54) is 0 Å². The third kappa shape index (κ3) is 1.90. The van der Waals surface area contributed by atoms with Gasteiger partial charge in [0.25, 0.3) is 0 Å². The molecule has 50 valence electrons. The Morgan fingerprint density at radius 3 is 3.11 bits per heavy atom. The molecule has 1 rings (SSSR count). The molecule has 0 saturated carbocycles. The Kier molecular flexibility index (Phi) is 2.33. The van der Waals surface area contributed by atoms with Crippen molar-refractivity contribution in [2.45, 2.75) is 6.42 Å². The van der Waals surface area contributed by atoms with Crippen LogP contribution in [0.3, 0.4) is 0 Å². The minimum Gasteiger partial charge on any atom is -0.494 e. The van der Waals surface area contributed by atoms with Crippen molar-refractivity contribution < 1.29 is 9.84 Å². The van der Waals surface area contributed by atoms with Gasteiger partial charge in [-0.25, -0.2) is 0 Å². The second-order valence-corrected chi connectivity index (χ2v) is 1.85. The van der Waals surface area contributed by atoms with Crippen molar-refractivity contribution in [2.24, 2.45) is 0 Å². The van der Waals surface area contributed by atoms with Crippen molar-refractivity contribution in [1.29, 1.82) is 0 Å². The molecule has 1 N–H and O–H groups in total. The molecule has 1 heterocycles. The van der Waals surface area contributed by atoms with Gasteiger partial charge in [-0.3, -0.25) is 0 Å². The number of hydrogen-bond donors (Lipinski definition) is 1. The molecule has 0 unspecified atom stereocenters. The van der Waals surface area contributed by atoms with E-state index in [0.717, 1.165) is 5.76 Å². The van der Waals surface area contributed by atoms with Crippen LogP contribution in [-0.4, -0.2) is 18.3 Å². The second kappa shape index (κ2) is 3.30. The first-order valence-electron chi connectivity index (χ1n) is 3.03. The molecule has 2 heteroatoms. The van der Waals surface area contributed by atoms with E-state index in [4.69, 9.17) is 9.84 Å². The summed E-state index contributed by atoms with van der Waals surface area (Å²) in [5.41, 5.74) is 0. The molecular formula is C7H10O2. The smallest absolute Gasteiger partial charge is 0.106 e. The fourth-order valence-corrected chi connectivity index (χ4v) is 0.700. The molecule has 0 fully saturated rings. The molecule has 0 aromatic rings. The molecular weight excluding hydrogens is 116 g/mol. The van der Waals surface area contributed by atoms with Crippen LogP contribution in [0.1, 0.15) is 6.42 Å². The van der Waals surface area contributed by atoms with Crippen LogP contribution in [0.2, 0.25) is 0 Å². The summed E-state index contributed by atoms with van der Waals surface area (Å²) in [5.74, 6) is 0.875. The molecule has 0 aromatic heterocycles. The highest BCUT2D eigenvalue weighted by Crippen LogP contribution is 2.06. The third-order valence-corrected chi connectivity index (χ3v) is 1.14. The zero-order valence-corrected chi connectivity index (χ0v) is 5.21. The van der Waals surface area contributed by atoms with Gasteiger partial charge in [-0.05, 0) is 12.2 Å². The highest BCUT2D eigenvalue weighted by atomic mass is 16.5. The summed E-state index contributed by atoms with van der Waals surface area (Å²) in [5, 5.41) is 8.47. The predicted octanol–water partition coefficient (Wildman–Crippen LogP) is 0.839.